The molecule has 2 aliphatic heterocycles. The summed E-state index contributed by atoms with van der Waals surface area (Å²) in [6, 6.07) is 0. The first-order chi connectivity index (χ1) is 8.07. The van der Waals surface area contributed by atoms with E-state index in [4.69, 9.17) is 4.74 Å². The minimum Gasteiger partial charge on any atom is -0.388 e. The van der Waals surface area contributed by atoms with Crippen molar-refractivity contribution in [3.8, 4) is 0 Å². The molecular weight excluding hydrogens is 214 g/mol. The van der Waals surface area contributed by atoms with E-state index in [1.165, 1.54) is 44.9 Å². The van der Waals surface area contributed by atoms with Crippen LogP contribution >= 0.6 is 0 Å². The van der Waals surface area contributed by atoms with Crippen molar-refractivity contribution in [3.05, 3.63) is 0 Å². The molecule has 1 saturated carbocycles. The second-order valence-electron chi connectivity index (χ2n) is 6.69. The molecule has 3 aliphatic rings. The molecule has 1 unspecified atom stereocenters. The lowest BCUT2D eigenvalue weighted by molar-refractivity contribution is -0.118. The Hall–Kier alpha value is -0.120. The van der Waals surface area contributed by atoms with Crippen LogP contribution in [-0.4, -0.2) is 46.9 Å². The molecule has 1 spiro atoms. The summed E-state index contributed by atoms with van der Waals surface area (Å²) >= 11 is 0. The van der Waals surface area contributed by atoms with Crippen molar-refractivity contribution in [3.63, 3.8) is 0 Å². The maximum Gasteiger partial charge on any atom is 0.0872 e. The van der Waals surface area contributed by atoms with Gasteiger partial charge in [-0.25, -0.2) is 0 Å². The van der Waals surface area contributed by atoms with Gasteiger partial charge in [-0.05, 0) is 32.6 Å². The molecule has 0 aromatic carbocycles. The van der Waals surface area contributed by atoms with Gasteiger partial charge in [-0.1, -0.05) is 19.3 Å². The predicted octanol–water partition coefficient (Wildman–Crippen LogP) is 1.93. The molecule has 3 heteroatoms. The number of nitrogens with zero attached hydrogens (tertiary/aromatic N) is 1. The first-order valence-electron chi connectivity index (χ1n) is 7.20. The highest BCUT2D eigenvalue weighted by Crippen LogP contribution is 2.42. The van der Waals surface area contributed by atoms with Crippen molar-refractivity contribution in [2.24, 2.45) is 0 Å². The molecule has 0 aromatic heterocycles. The smallest absolute Gasteiger partial charge is 0.0872 e. The third kappa shape index (κ3) is 2.51. The van der Waals surface area contributed by atoms with Crippen LogP contribution in [0, 0.1) is 0 Å². The van der Waals surface area contributed by atoms with E-state index in [0.29, 0.717) is 6.10 Å². The minimum absolute atomic E-state index is 0.246. The second kappa shape index (κ2) is 4.22. The molecule has 3 fully saturated rings. The van der Waals surface area contributed by atoms with E-state index in [0.717, 1.165) is 19.6 Å². The van der Waals surface area contributed by atoms with Gasteiger partial charge >= 0.3 is 0 Å². The average molecular weight is 239 g/mol. The lowest BCUT2D eigenvalue weighted by Gasteiger charge is -2.45. The van der Waals surface area contributed by atoms with E-state index in [1.807, 2.05) is 6.92 Å². The Balaban J connectivity index is 1.48. The number of ether oxygens (including phenoxy) is 1. The quantitative estimate of drug-likeness (QED) is 0.799. The van der Waals surface area contributed by atoms with Crippen molar-refractivity contribution in [2.45, 2.75) is 69.2 Å². The van der Waals surface area contributed by atoms with Gasteiger partial charge in [0.25, 0.3) is 0 Å². The van der Waals surface area contributed by atoms with Crippen molar-refractivity contribution >= 4 is 0 Å². The van der Waals surface area contributed by atoms with Gasteiger partial charge in [0.2, 0.25) is 0 Å². The highest BCUT2D eigenvalue weighted by Gasteiger charge is 2.43. The fourth-order valence-corrected chi connectivity index (χ4v) is 3.92. The Morgan fingerprint density at radius 2 is 1.88 bits per heavy atom. The number of likely N-dealkylation sites (tertiary alicyclic amines) is 1. The summed E-state index contributed by atoms with van der Waals surface area (Å²) in [5.41, 5.74) is -0.197. The molecule has 0 bridgehead atoms. The topological polar surface area (TPSA) is 32.7 Å². The number of β-amino-alcohol motifs (C(OH)–C–C–N with tert-alkyl or cyclic N) is 1. The number of aliphatic hydroxyl groups is 1. The molecule has 1 N–H and O–H groups in total. The molecule has 17 heavy (non-hydrogen) atoms. The predicted molar refractivity (Wildman–Crippen MR) is 67.0 cm³/mol. The van der Waals surface area contributed by atoms with Crippen molar-refractivity contribution in [2.75, 3.05) is 19.6 Å². The zero-order chi connectivity index (χ0) is 11.9. The van der Waals surface area contributed by atoms with Crippen molar-refractivity contribution in [1.29, 1.82) is 0 Å². The highest BCUT2D eigenvalue weighted by molar-refractivity contribution is 4.96. The molecule has 0 amide bonds. The van der Waals surface area contributed by atoms with Crippen LogP contribution in [0.1, 0.15) is 51.9 Å². The lowest BCUT2D eigenvalue weighted by atomic mass is 9.83. The van der Waals surface area contributed by atoms with Crippen LogP contribution in [0.2, 0.25) is 0 Å². The largest absolute Gasteiger partial charge is 0.388 e. The molecule has 98 valence electrons. The summed E-state index contributed by atoms with van der Waals surface area (Å²) in [5.74, 6) is 0. The summed E-state index contributed by atoms with van der Waals surface area (Å²) < 4.78 is 6.34. The third-order valence-corrected chi connectivity index (χ3v) is 4.69. The van der Waals surface area contributed by atoms with Crippen molar-refractivity contribution in [1.82, 2.24) is 4.90 Å². The van der Waals surface area contributed by atoms with Crippen LogP contribution in [0.25, 0.3) is 0 Å². The average Bonchev–Trinajstić information content (AvgIpc) is 2.60. The Bertz CT molecular complexity index is 276. The van der Waals surface area contributed by atoms with E-state index in [1.54, 1.807) is 0 Å². The van der Waals surface area contributed by atoms with Gasteiger partial charge in [-0.3, -0.25) is 4.90 Å². The molecular formula is C14H25NO2. The fourth-order valence-electron chi connectivity index (χ4n) is 3.92. The number of hydrogen-bond acceptors (Lipinski definition) is 3. The van der Waals surface area contributed by atoms with Crippen LogP contribution < -0.4 is 0 Å². The molecule has 3 rings (SSSR count). The van der Waals surface area contributed by atoms with E-state index >= 15 is 0 Å². The summed E-state index contributed by atoms with van der Waals surface area (Å²) in [7, 11) is 0. The minimum atomic E-state index is -0.443. The fraction of sp³-hybridized carbons (Fsp3) is 1.00. The second-order valence-corrected chi connectivity index (χ2v) is 6.69. The standard InChI is InChI=1S/C14H25NO2/c1-13(16)10-15(11-13)9-12-5-8-14(17-12)6-3-2-4-7-14/h12,16H,2-11H2,1H3. The van der Waals surface area contributed by atoms with Gasteiger partial charge in [0.15, 0.2) is 0 Å². The van der Waals surface area contributed by atoms with Gasteiger partial charge in [-0.15, -0.1) is 0 Å². The molecule has 3 nitrogen and oxygen atoms in total. The summed E-state index contributed by atoms with van der Waals surface area (Å²) in [4.78, 5) is 2.33. The number of rotatable bonds is 2. The normalized spacial score (nSPS) is 36.0. The summed E-state index contributed by atoms with van der Waals surface area (Å²) in [5, 5.41) is 9.72. The van der Waals surface area contributed by atoms with Gasteiger partial charge in [0.05, 0.1) is 17.3 Å². The maximum absolute atomic E-state index is 9.72. The first kappa shape index (κ1) is 11.9. The van der Waals surface area contributed by atoms with E-state index in [-0.39, 0.29) is 5.60 Å². The van der Waals surface area contributed by atoms with Gasteiger partial charge in [0, 0.05) is 19.6 Å². The maximum atomic E-state index is 9.72. The zero-order valence-corrected chi connectivity index (χ0v) is 11.0. The molecule has 1 atom stereocenters. The Labute approximate surface area is 104 Å². The van der Waals surface area contributed by atoms with Gasteiger partial charge in [-0.2, -0.15) is 0 Å². The lowest BCUT2D eigenvalue weighted by Crippen LogP contribution is -2.61. The monoisotopic (exact) mass is 239 g/mol. The zero-order valence-electron chi connectivity index (χ0n) is 11.0. The molecule has 0 aromatic rings. The third-order valence-electron chi connectivity index (χ3n) is 4.69. The highest BCUT2D eigenvalue weighted by atomic mass is 16.5. The molecule has 2 saturated heterocycles. The van der Waals surface area contributed by atoms with E-state index < -0.39 is 5.60 Å². The van der Waals surface area contributed by atoms with Gasteiger partial charge in [0.1, 0.15) is 0 Å². The Kier molecular flexibility index (Phi) is 2.96. The molecule has 0 radical (unpaired) electrons. The molecule has 1 aliphatic carbocycles. The van der Waals surface area contributed by atoms with E-state index in [9.17, 15) is 5.11 Å². The van der Waals surface area contributed by atoms with Gasteiger partial charge < -0.3 is 9.84 Å². The Morgan fingerprint density at radius 1 is 1.18 bits per heavy atom. The summed E-state index contributed by atoms with van der Waals surface area (Å²) in [6.07, 6.45) is 9.56. The SMILES string of the molecule is CC1(O)CN(CC2CCC3(CCCCC3)O2)C1. The van der Waals surface area contributed by atoms with Crippen LogP contribution in [0.4, 0.5) is 0 Å². The number of hydrogen-bond donors (Lipinski definition) is 1. The first-order valence-corrected chi connectivity index (χ1v) is 7.20. The van der Waals surface area contributed by atoms with Crippen LogP contribution in [0.3, 0.4) is 0 Å². The molecule has 2 heterocycles. The van der Waals surface area contributed by atoms with E-state index in [2.05, 4.69) is 4.90 Å². The van der Waals surface area contributed by atoms with Crippen LogP contribution in [0.5, 0.6) is 0 Å². The van der Waals surface area contributed by atoms with Crippen LogP contribution in [-0.2, 0) is 4.74 Å². The summed E-state index contributed by atoms with van der Waals surface area (Å²) in [6.45, 7) is 4.58. The Morgan fingerprint density at radius 3 is 2.53 bits per heavy atom. The van der Waals surface area contributed by atoms with Crippen molar-refractivity contribution < 1.29 is 9.84 Å². The van der Waals surface area contributed by atoms with Crippen LogP contribution in [0.15, 0.2) is 0 Å².